The van der Waals surface area contributed by atoms with Crippen molar-refractivity contribution in [1.82, 2.24) is 0 Å². The highest BCUT2D eigenvalue weighted by atomic mass is 16.6. The van der Waals surface area contributed by atoms with Gasteiger partial charge in [-0.15, -0.1) is 0 Å². The fourth-order valence-electron chi connectivity index (χ4n) is 1.61. The van der Waals surface area contributed by atoms with Crippen molar-refractivity contribution in [3.8, 4) is 5.75 Å². The van der Waals surface area contributed by atoms with Gasteiger partial charge in [-0.05, 0) is 36.4 Å². The topological polar surface area (TPSA) is 81.5 Å². The molecule has 1 N–H and O–H groups in total. The van der Waals surface area contributed by atoms with Gasteiger partial charge in [0.25, 0.3) is 11.6 Å². The van der Waals surface area contributed by atoms with E-state index in [1.807, 2.05) is 0 Å². The first-order valence-corrected chi connectivity index (χ1v) is 5.80. The Morgan fingerprint density at radius 1 is 1.10 bits per heavy atom. The monoisotopic (exact) mass is 272 g/mol. The first-order valence-electron chi connectivity index (χ1n) is 5.80. The fraction of sp³-hybridized carbons (Fsp3) is 0.0714. The van der Waals surface area contributed by atoms with Crippen LogP contribution in [0.25, 0.3) is 0 Å². The Morgan fingerprint density at radius 2 is 1.70 bits per heavy atom. The Labute approximate surface area is 115 Å². The van der Waals surface area contributed by atoms with Crippen molar-refractivity contribution >= 4 is 17.3 Å². The molecular formula is C14H12N2O4. The van der Waals surface area contributed by atoms with Gasteiger partial charge in [0.05, 0.1) is 12.0 Å². The predicted molar refractivity (Wildman–Crippen MR) is 74.0 cm³/mol. The van der Waals surface area contributed by atoms with Crippen LogP contribution in [0, 0.1) is 10.1 Å². The van der Waals surface area contributed by atoms with E-state index in [1.165, 1.54) is 24.3 Å². The number of benzene rings is 2. The summed E-state index contributed by atoms with van der Waals surface area (Å²) < 4.78 is 5.02. The molecule has 0 aliphatic rings. The van der Waals surface area contributed by atoms with Gasteiger partial charge in [-0.2, -0.15) is 0 Å². The van der Waals surface area contributed by atoms with Gasteiger partial charge in [0.1, 0.15) is 5.75 Å². The average molecular weight is 272 g/mol. The van der Waals surface area contributed by atoms with Crippen LogP contribution in [-0.4, -0.2) is 17.9 Å². The number of amides is 1. The number of nitrogens with one attached hydrogen (secondary N) is 1. The van der Waals surface area contributed by atoms with Crippen LogP contribution >= 0.6 is 0 Å². The van der Waals surface area contributed by atoms with E-state index in [-0.39, 0.29) is 11.6 Å². The van der Waals surface area contributed by atoms with Crippen LogP contribution in [0.1, 0.15) is 10.4 Å². The molecule has 0 heterocycles. The van der Waals surface area contributed by atoms with Gasteiger partial charge in [-0.25, -0.2) is 0 Å². The largest absolute Gasteiger partial charge is 0.497 e. The number of anilines is 1. The number of ether oxygens (including phenoxy) is 1. The molecule has 0 aromatic heterocycles. The molecule has 20 heavy (non-hydrogen) atoms. The van der Waals surface area contributed by atoms with Crippen LogP contribution in [0.3, 0.4) is 0 Å². The summed E-state index contributed by atoms with van der Waals surface area (Å²) in [6, 6.07) is 12.3. The number of nitro benzene ring substituents is 1. The molecule has 2 aromatic carbocycles. The number of non-ortho nitro benzene ring substituents is 1. The maximum Gasteiger partial charge on any atom is 0.269 e. The van der Waals surface area contributed by atoms with E-state index in [1.54, 1.807) is 31.4 Å². The minimum Gasteiger partial charge on any atom is -0.497 e. The standard InChI is InChI=1S/C14H12N2O4/c1-20-13-8-4-11(5-9-13)15-14(17)10-2-6-12(7-3-10)16(18)19/h2-9H,1H3,(H,15,17). The van der Waals surface area contributed by atoms with Crippen molar-refractivity contribution in [3.05, 3.63) is 64.2 Å². The van der Waals surface area contributed by atoms with Crippen LogP contribution in [0.2, 0.25) is 0 Å². The molecule has 0 atom stereocenters. The van der Waals surface area contributed by atoms with Crippen LogP contribution in [-0.2, 0) is 0 Å². The lowest BCUT2D eigenvalue weighted by atomic mass is 10.2. The number of hydrogen-bond donors (Lipinski definition) is 1. The second-order valence-corrected chi connectivity index (χ2v) is 3.99. The van der Waals surface area contributed by atoms with Crippen LogP contribution in [0.15, 0.2) is 48.5 Å². The zero-order chi connectivity index (χ0) is 14.5. The molecule has 0 saturated heterocycles. The Kier molecular flexibility index (Phi) is 3.95. The van der Waals surface area contributed by atoms with Crippen molar-refractivity contribution in [2.24, 2.45) is 0 Å². The van der Waals surface area contributed by atoms with E-state index in [4.69, 9.17) is 4.74 Å². The predicted octanol–water partition coefficient (Wildman–Crippen LogP) is 2.86. The first kappa shape index (κ1) is 13.5. The lowest BCUT2D eigenvalue weighted by Gasteiger charge is -2.06. The Balaban J connectivity index is 2.08. The number of hydrogen-bond acceptors (Lipinski definition) is 4. The van der Waals surface area contributed by atoms with E-state index >= 15 is 0 Å². The average Bonchev–Trinajstić information content (AvgIpc) is 2.48. The highest BCUT2D eigenvalue weighted by Gasteiger charge is 2.09. The van der Waals surface area contributed by atoms with Gasteiger partial charge in [0, 0.05) is 23.4 Å². The van der Waals surface area contributed by atoms with Crippen LogP contribution < -0.4 is 10.1 Å². The van der Waals surface area contributed by atoms with E-state index in [0.29, 0.717) is 17.0 Å². The van der Waals surface area contributed by atoms with Crippen molar-refractivity contribution < 1.29 is 14.5 Å². The molecule has 0 aliphatic heterocycles. The summed E-state index contributed by atoms with van der Waals surface area (Å²) in [4.78, 5) is 22.0. The molecule has 102 valence electrons. The van der Waals surface area contributed by atoms with E-state index in [2.05, 4.69) is 5.32 Å². The van der Waals surface area contributed by atoms with Crippen LogP contribution in [0.5, 0.6) is 5.75 Å². The number of nitro groups is 1. The highest BCUT2D eigenvalue weighted by Crippen LogP contribution is 2.17. The summed E-state index contributed by atoms with van der Waals surface area (Å²) in [6.45, 7) is 0. The summed E-state index contributed by atoms with van der Waals surface area (Å²) in [5.41, 5.74) is 0.923. The molecule has 1 amide bonds. The van der Waals surface area contributed by atoms with Crippen molar-refractivity contribution in [2.45, 2.75) is 0 Å². The van der Waals surface area contributed by atoms with Gasteiger partial charge in [0.15, 0.2) is 0 Å². The van der Waals surface area contributed by atoms with Crippen molar-refractivity contribution in [1.29, 1.82) is 0 Å². The SMILES string of the molecule is COc1ccc(NC(=O)c2ccc([N+](=O)[O-])cc2)cc1. The van der Waals surface area contributed by atoms with Crippen LogP contribution in [0.4, 0.5) is 11.4 Å². The molecule has 0 radical (unpaired) electrons. The number of methoxy groups -OCH3 is 1. The Hall–Kier alpha value is -2.89. The van der Waals surface area contributed by atoms with Gasteiger partial charge in [0.2, 0.25) is 0 Å². The Morgan fingerprint density at radius 3 is 2.20 bits per heavy atom. The lowest BCUT2D eigenvalue weighted by molar-refractivity contribution is -0.384. The zero-order valence-corrected chi connectivity index (χ0v) is 10.7. The number of rotatable bonds is 4. The minimum absolute atomic E-state index is 0.0500. The second-order valence-electron chi connectivity index (χ2n) is 3.99. The summed E-state index contributed by atoms with van der Waals surface area (Å²) in [5, 5.41) is 13.2. The van der Waals surface area contributed by atoms with Crippen molar-refractivity contribution in [3.63, 3.8) is 0 Å². The summed E-state index contributed by atoms with van der Waals surface area (Å²) in [5.74, 6) is 0.364. The second kappa shape index (κ2) is 5.83. The van der Waals surface area contributed by atoms with Gasteiger partial charge in [-0.3, -0.25) is 14.9 Å². The highest BCUT2D eigenvalue weighted by molar-refractivity contribution is 6.04. The van der Waals surface area contributed by atoms with E-state index in [0.717, 1.165) is 0 Å². The van der Waals surface area contributed by atoms with Gasteiger partial charge >= 0.3 is 0 Å². The number of carbonyl (C=O) groups excluding carboxylic acids is 1. The lowest BCUT2D eigenvalue weighted by Crippen LogP contribution is -2.11. The molecule has 2 aromatic rings. The molecule has 0 aliphatic carbocycles. The third kappa shape index (κ3) is 3.11. The molecule has 0 saturated carbocycles. The number of carbonyl (C=O) groups is 1. The molecule has 0 bridgehead atoms. The summed E-state index contributed by atoms with van der Waals surface area (Å²) in [6.07, 6.45) is 0. The smallest absolute Gasteiger partial charge is 0.269 e. The molecule has 0 spiro atoms. The van der Waals surface area contributed by atoms with Gasteiger partial charge in [-0.1, -0.05) is 0 Å². The molecule has 2 rings (SSSR count). The van der Waals surface area contributed by atoms with E-state index in [9.17, 15) is 14.9 Å². The zero-order valence-electron chi connectivity index (χ0n) is 10.7. The third-order valence-electron chi connectivity index (χ3n) is 2.69. The fourth-order valence-corrected chi connectivity index (χ4v) is 1.61. The molecule has 0 fully saturated rings. The maximum atomic E-state index is 11.9. The normalized spacial score (nSPS) is 9.85. The Bertz CT molecular complexity index is 621. The minimum atomic E-state index is -0.509. The third-order valence-corrected chi connectivity index (χ3v) is 2.69. The molecule has 6 heteroatoms. The van der Waals surface area contributed by atoms with E-state index < -0.39 is 4.92 Å². The molecular weight excluding hydrogens is 260 g/mol. The maximum absolute atomic E-state index is 11.9. The quantitative estimate of drug-likeness (QED) is 0.685. The molecule has 0 unspecified atom stereocenters. The molecule has 6 nitrogen and oxygen atoms in total. The summed E-state index contributed by atoms with van der Waals surface area (Å²) >= 11 is 0. The first-order chi connectivity index (χ1) is 9.60. The van der Waals surface area contributed by atoms with Crippen molar-refractivity contribution in [2.75, 3.05) is 12.4 Å². The van der Waals surface area contributed by atoms with Gasteiger partial charge < -0.3 is 10.1 Å². The number of nitrogens with zero attached hydrogens (tertiary/aromatic N) is 1. The summed E-state index contributed by atoms with van der Waals surface area (Å²) in [7, 11) is 1.56.